The molecule has 3 heterocycles. The maximum Gasteiger partial charge on any atom is 0.320 e. The molecule has 0 bridgehead atoms. The number of hydrogen-bond donors (Lipinski definition) is 7. The lowest BCUT2D eigenvalue weighted by Crippen LogP contribution is -2.44. The number of carbonyl (C=O) groups excluding carboxylic acids is 1. The maximum absolute atomic E-state index is 13.3. The number of fused-ring (bicyclic) bond motifs is 1. The smallest absolute Gasteiger partial charge is 0.320 e. The number of aliphatic hydroxyl groups is 1. The van der Waals surface area contributed by atoms with Crippen molar-refractivity contribution in [2.24, 2.45) is 18.4 Å². The van der Waals surface area contributed by atoms with Gasteiger partial charge in [0.15, 0.2) is 0 Å². The van der Waals surface area contributed by atoms with Crippen molar-refractivity contribution in [3.05, 3.63) is 83.5 Å². The lowest BCUT2D eigenvalue weighted by atomic mass is 9.85. The number of amides is 2. The Bertz CT molecular complexity index is 1690. The minimum atomic E-state index is -0.407. The molecule has 1 aliphatic carbocycles. The van der Waals surface area contributed by atoms with Crippen LogP contribution in [0, 0.1) is 27.6 Å². The van der Waals surface area contributed by atoms with Gasteiger partial charge in [-0.1, -0.05) is 45.0 Å². The normalized spacial score (nSPS) is 18.7. The third-order valence-corrected chi connectivity index (χ3v) is 8.67. The van der Waals surface area contributed by atoms with Gasteiger partial charge in [0.25, 0.3) is 0 Å². The molecule has 7 N–H and O–H groups in total. The van der Waals surface area contributed by atoms with E-state index in [0.29, 0.717) is 48.9 Å². The summed E-state index contributed by atoms with van der Waals surface area (Å²) in [6, 6.07) is 10.6. The predicted molar refractivity (Wildman–Crippen MR) is 180 cm³/mol. The number of hydrogen-bond acceptors (Lipinski definition) is 8. The highest BCUT2D eigenvalue weighted by atomic mass is 16.5. The van der Waals surface area contributed by atoms with Crippen LogP contribution in [0.1, 0.15) is 69.7 Å². The van der Waals surface area contributed by atoms with E-state index < -0.39 is 11.4 Å². The van der Waals surface area contributed by atoms with Crippen molar-refractivity contribution in [2.75, 3.05) is 25.0 Å². The summed E-state index contributed by atoms with van der Waals surface area (Å²) in [5.41, 5.74) is 2.74. The largest absolute Gasteiger partial charge is 0.484 e. The van der Waals surface area contributed by atoms with E-state index in [0.717, 1.165) is 24.0 Å². The number of nitrogens with zero attached hydrogens (tertiary/aromatic N) is 4. The SMILES string of the molecule is Cn1cc(N/C(=C\C(=N)C(C)(C)C)NC(=O)N[C@H]2CC[C@@H](Oc3ccc(=N)n(C(=N)N4CCC(CO)CC4)c3)c3ccccc32)cn1. The quantitative estimate of drug-likeness (QED) is 0.141. The van der Waals surface area contributed by atoms with Crippen LogP contribution < -0.4 is 26.2 Å². The highest BCUT2D eigenvalue weighted by Gasteiger charge is 2.30. The lowest BCUT2D eigenvalue weighted by molar-refractivity contribution is 0.163. The molecule has 13 nitrogen and oxygen atoms in total. The van der Waals surface area contributed by atoms with Crippen molar-refractivity contribution in [3.8, 4) is 5.75 Å². The van der Waals surface area contributed by atoms with E-state index in [4.69, 9.17) is 21.0 Å². The summed E-state index contributed by atoms with van der Waals surface area (Å²) in [6.07, 6.45) is 9.38. The van der Waals surface area contributed by atoms with E-state index >= 15 is 0 Å². The second-order valence-corrected chi connectivity index (χ2v) is 13.3. The molecule has 2 atom stereocenters. The van der Waals surface area contributed by atoms with Crippen molar-refractivity contribution in [1.29, 1.82) is 16.2 Å². The topological polar surface area (TPSA) is 180 Å². The number of benzene rings is 1. The summed E-state index contributed by atoms with van der Waals surface area (Å²) in [7, 11) is 1.81. The number of rotatable bonds is 8. The Hall–Kier alpha value is -4.91. The van der Waals surface area contributed by atoms with Crippen molar-refractivity contribution < 1.29 is 14.6 Å². The molecular formula is C34H46N10O3. The number of carbonyl (C=O) groups is 1. The van der Waals surface area contributed by atoms with Crippen LogP contribution >= 0.6 is 0 Å². The molecule has 47 heavy (non-hydrogen) atoms. The first-order chi connectivity index (χ1) is 22.4. The van der Waals surface area contributed by atoms with E-state index in [1.165, 1.54) is 4.57 Å². The summed E-state index contributed by atoms with van der Waals surface area (Å²) in [6.45, 7) is 7.32. The zero-order valence-electron chi connectivity index (χ0n) is 27.5. The summed E-state index contributed by atoms with van der Waals surface area (Å²) in [5, 5.41) is 48.5. The van der Waals surface area contributed by atoms with Gasteiger partial charge in [0.05, 0.1) is 24.1 Å². The third-order valence-electron chi connectivity index (χ3n) is 8.67. The molecule has 3 aromatic rings. The van der Waals surface area contributed by atoms with Gasteiger partial charge in [0.2, 0.25) is 5.96 Å². The van der Waals surface area contributed by atoms with Crippen LogP contribution in [0.25, 0.3) is 0 Å². The summed E-state index contributed by atoms with van der Waals surface area (Å²) in [4.78, 5) is 15.3. The molecule has 2 aromatic heterocycles. The number of ether oxygens (including phenoxy) is 1. The minimum Gasteiger partial charge on any atom is -0.484 e. The van der Waals surface area contributed by atoms with Crippen LogP contribution in [0.5, 0.6) is 5.75 Å². The van der Waals surface area contributed by atoms with Crippen LogP contribution in [0.4, 0.5) is 10.5 Å². The number of piperidine rings is 1. The van der Waals surface area contributed by atoms with Crippen LogP contribution in [-0.2, 0) is 7.05 Å². The highest BCUT2D eigenvalue weighted by Crippen LogP contribution is 2.38. The molecule has 250 valence electrons. The van der Waals surface area contributed by atoms with Crippen LogP contribution in [-0.4, -0.2) is 61.8 Å². The number of aromatic nitrogens is 3. The van der Waals surface area contributed by atoms with E-state index in [1.807, 2.05) is 49.9 Å². The van der Waals surface area contributed by atoms with Gasteiger partial charge < -0.3 is 30.8 Å². The van der Waals surface area contributed by atoms with Gasteiger partial charge in [-0.25, -0.2) is 4.79 Å². The molecule has 13 heteroatoms. The summed E-state index contributed by atoms with van der Waals surface area (Å²) < 4.78 is 9.66. The first-order valence-electron chi connectivity index (χ1n) is 16.0. The van der Waals surface area contributed by atoms with Crippen molar-refractivity contribution >= 4 is 23.4 Å². The summed E-state index contributed by atoms with van der Waals surface area (Å²) >= 11 is 0. The average Bonchev–Trinajstić information content (AvgIpc) is 3.46. The Morgan fingerprint density at radius 1 is 1.06 bits per heavy atom. The van der Waals surface area contributed by atoms with E-state index in [9.17, 15) is 9.90 Å². The molecule has 2 amide bonds. The Balaban J connectivity index is 1.28. The Kier molecular flexibility index (Phi) is 10.1. The monoisotopic (exact) mass is 642 g/mol. The van der Waals surface area contributed by atoms with E-state index in [1.54, 1.807) is 48.5 Å². The molecule has 0 radical (unpaired) electrons. The molecule has 5 rings (SSSR count). The number of pyridine rings is 1. The molecule has 0 unspecified atom stereocenters. The number of urea groups is 1. The second kappa shape index (κ2) is 14.2. The summed E-state index contributed by atoms with van der Waals surface area (Å²) in [5.74, 6) is 1.41. The second-order valence-electron chi connectivity index (χ2n) is 13.3. The fourth-order valence-corrected chi connectivity index (χ4v) is 5.82. The van der Waals surface area contributed by atoms with Crippen molar-refractivity contribution in [3.63, 3.8) is 0 Å². The number of nitrogens with one attached hydrogen (secondary N) is 6. The fraction of sp³-hybridized carbons (Fsp3) is 0.441. The third kappa shape index (κ3) is 8.28. The zero-order valence-corrected chi connectivity index (χ0v) is 27.5. The van der Waals surface area contributed by atoms with Gasteiger partial charge in [-0.15, -0.1) is 0 Å². The molecular weight excluding hydrogens is 596 g/mol. The van der Waals surface area contributed by atoms with Crippen LogP contribution in [0.2, 0.25) is 0 Å². The number of aliphatic hydroxyl groups excluding tert-OH is 1. The van der Waals surface area contributed by atoms with Crippen LogP contribution in [0.3, 0.4) is 0 Å². The molecule has 1 aromatic carbocycles. The molecule has 0 saturated carbocycles. The Morgan fingerprint density at radius 2 is 1.79 bits per heavy atom. The number of anilines is 1. The number of aryl methyl sites for hydroxylation is 1. The number of likely N-dealkylation sites (tertiary alicyclic amines) is 1. The Labute approximate surface area is 275 Å². The first kappa shape index (κ1) is 33.5. The highest BCUT2D eigenvalue weighted by molar-refractivity contribution is 5.97. The van der Waals surface area contributed by atoms with Gasteiger partial charge in [0.1, 0.15) is 23.2 Å². The molecule has 1 saturated heterocycles. The number of allylic oxidation sites excluding steroid dienone is 1. The van der Waals surface area contributed by atoms with Gasteiger partial charge in [0, 0.05) is 50.1 Å². The van der Waals surface area contributed by atoms with Gasteiger partial charge in [-0.05, 0) is 54.9 Å². The fourth-order valence-electron chi connectivity index (χ4n) is 5.82. The van der Waals surface area contributed by atoms with Gasteiger partial charge in [-0.3, -0.25) is 25.4 Å². The zero-order chi connectivity index (χ0) is 33.7. The van der Waals surface area contributed by atoms with E-state index in [-0.39, 0.29) is 36.1 Å². The molecule has 2 aliphatic rings. The minimum absolute atomic E-state index is 0.162. The first-order valence-corrected chi connectivity index (χ1v) is 16.0. The van der Waals surface area contributed by atoms with Crippen molar-refractivity contribution in [2.45, 2.75) is 58.6 Å². The van der Waals surface area contributed by atoms with Crippen LogP contribution in [0.15, 0.2) is 66.9 Å². The molecule has 1 aliphatic heterocycles. The van der Waals surface area contributed by atoms with E-state index in [2.05, 4.69) is 21.0 Å². The average molecular weight is 643 g/mol. The lowest BCUT2D eigenvalue weighted by Gasteiger charge is -2.34. The standard InChI is InChI=1S/C34H46N10O3/c1-34(2,3)29(35)17-31(39-23-18-38-42(4)19-23)41-33(46)40-27-10-11-28(26-8-6-5-7-25(26)27)47-24-9-12-30(36)44(20-24)32(37)43-15-13-22(21-45)14-16-43/h5-9,12,17-20,22,27-28,35-37,39,45H,10-11,13-16,21H2,1-4H3,(H2,40,41,46)/b31-17+,35-29?,36-30?,37-32?/t27-,28+/m0/s1. The Morgan fingerprint density at radius 3 is 2.45 bits per heavy atom. The maximum atomic E-state index is 13.3. The predicted octanol–water partition coefficient (Wildman–Crippen LogP) is 4.46. The van der Waals surface area contributed by atoms with Crippen molar-refractivity contribution in [1.82, 2.24) is 29.9 Å². The van der Waals surface area contributed by atoms with Gasteiger partial charge in [-0.2, -0.15) is 5.10 Å². The molecule has 1 fully saturated rings. The van der Waals surface area contributed by atoms with Gasteiger partial charge >= 0.3 is 6.03 Å². The molecule has 0 spiro atoms.